The molecule has 3 aromatic carbocycles. The molecule has 5 rings (SSSR count). The topological polar surface area (TPSA) is 71.5 Å². The Balaban J connectivity index is 1.30. The molecular formula is C28H27N3O3. The Bertz CT molecular complexity index is 1360. The Morgan fingerprint density at radius 2 is 1.68 bits per heavy atom. The standard InChI is InChI=1S/C28H27N3O3/c1-18-16-31(17-19(2)34-18)28(33)21-11-9-20(10-12-21)15-30-27(32)25-14-22-6-3-4-7-23(22)24-8-5-13-29-26(24)25/h3-14,18-19H,15-17H2,1-2H3,(H,30,32). The summed E-state index contributed by atoms with van der Waals surface area (Å²) in [5.74, 6) is -0.169. The van der Waals surface area contributed by atoms with E-state index in [9.17, 15) is 9.59 Å². The number of nitrogens with one attached hydrogen (secondary N) is 1. The maximum Gasteiger partial charge on any atom is 0.254 e. The molecule has 1 N–H and O–H groups in total. The smallest absolute Gasteiger partial charge is 0.254 e. The van der Waals surface area contributed by atoms with Crippen molar-refractivity contribution in [1.29, 1.82) is 0 Å². The van der Waals surface area contributed by atoms with Gasteiger partial charge in [-0.3, -0.25) is 14.6 Å². The van der Waals surface area contributed by atoms with Crippen molar-refractivity contribution in [3.8, 4) is 0 Å². The maximum atomic E-state index is 13.1. The number of rotatable bonds is 4. The molecule has 1 aliphatic heterocycles. The van der Waals surface area contributed by atoms with Crippen LogP contribution in [0.1, 0.15) is 40.1 Å². The van der Waals surface area contributed by atoms with Crippen LogP contribution >= 0.6 is 0 Å². The van der Waals surface area contributed by atoms with Crippen LogP contribution in [0.4, 0.5) is 0 Å². The Morgan fingerprint density at radius 3 is 2.44 bits per heavy atom. The zero-order chi connectivity index (χ0) is 23.7. The molecule has 2 atom stereocenters. The molecule has 0 radical (unpaired) electrons. The average Bonchev–Trinajstić information content (AvgIpc) is 2.86. The summed E-state index contributed by atoms with van der Waals surface area (Å²) >= 11 is 0. The van der Waals surface area contributed by atoms with Crippen LogP contribution in [0.3, 0.4) is 0 Å². The van der Waals surface area contributed by atoms with Crippen LogP contribution in [0.25, 0.3) is 21.7 Å². The first kappa shape index (κ1) is 22.0. The fourth-order valence-electron chi connectivity index (χ4n) is 4.67. The van der Waals surface area contributed by atoms with Crippen LogP contribution in [-0.2, 0) is 11.3 Å². The van der Waals surface area contributed by atoms with Crippen LogP contribution in [-0.4, -0.2) is 47.0 Å². The van der Waals surface area contributed by atoms with E-state index in [0.717, 1.165) is 21.7 Å². The molecule has 1 aliphatic rings. The third-order valence-corrected chi connectivity index (χ3v) is 6.22. The van der Waals surface area contributed by atoms with E-state index >= 15 is 0 Å². The Kier molecular flexibility index (Phi) is 5.99. The van der Waals surface area contributed by atoms with Crippen molar-refractivity contribution in [3.63, 3.8) is 0 Å². The van der Waals surface area contributed by atoms with Crippen molar-refractivity contribution < 1.29 is 14.3 Å². The van der Waals surface area contributed by atoms with Gasteiger partial charge in [0.1, 0.15) is 0 Å². The Hall–Kier alpha value is -3.77. The van der Waals surface area contributed by atoms with Gasteiger partial charge in [-0.1, -0.05) is 42.5 Å². The fourth-order valence-corrected chi connectivity index (χ4v) is 4.67. The van der Waals surface area contributed by atoms with Crippen molar-refractivity contribution >= 4 is 33.5 Å². The quantitative estimate of drug-likeness (QED) is 0.460. The van der Waals surface area contributed by atoms with Crippen molar-refractivity contribution in [2.24, 2.45) is 0 Å². The highest BCUT2D eigenvalue weighted by Crippen LogP contribution is 2.27. The number of aromatic nitrogens is 1. The minimum atomic E-state index is -0.175. The molecule has 34 heavy (non-hydrogen) atoms. The van der Waals surface area contributed by atoms with Gasteiger partial charge in [0.25, 0.3) is 11.8 Å². The van der Waals surface area contributed by atoms with Crippen molar-refractivity contribution in [2.75, 3.05) is 13.1 Å². The van der Waals surface area contributed by atoms with Gasteiger partial charge in [-0.25, -0.2) is 0 Å². The number of pyridine rings is 1. The van der Waals surface area contributed by atoms with Gasteiger partial charge in [-0.05, 0) is 54.4 Å². The predicted octanol–water partition coefficient (Wildman–Crippen LogP) is 4.57. The van der Waals surface area contributed by atoms with E-state index in [-0.39, 0.29) is 24.0 Å². The summed E-state index contributed by atoms with van der Waals surface area (Å²) in [6.07, 6.45) is 1.77. The van der Waals surface area contributed by atoms with Gasteiger partial charge in [0.2, 0.25) is 0 Å². The molecule has 6 nitrogen and oxygen atoms in total. The number of amides is 2. The monoisotopic (exact) mass is 453 g/mol. The first-order valence-electron chi connectivity index (χ1n) is 11.6. The van der Waals surface area contributed by atoms with E-state index < -0.39 is 0 Å². The number of hydrogen-bond donors (Lipinski definition) is 1. The van der Waals surface area contributed by atoms with E-state index in [2.05, 4.69) is 10.3 Å². The molecule has 0 bridgehead atoms. The van der Waals surface area contributed by atoms with E-state index in [4.69, 9.17) is 4.74 Å². The molecule has 2 amide bonds. The number of morpholine rings is 1. The molecule has 4 aromatic rings. The van der Waals surface area contributed by atoms with Gasteiger partial charge in [0, 0.05) is 36.8 Å². The molecule has 2 unspecified atom stereocenters. The highest BCUT2D eigenvalue weighted by atomic mass is 16.5. The number of ether oxygens (including phenoxy) is 1. The highest BCUT2D eigenvalue weighted by Gasteiger charge is 2.26. The normalized spacial score (nSPS) is 18.2. The molecule has 6 heteroatoms. The molecule has 2 heterocycles. The van der Waals surface area contributed by atoms with Gasteiger partial charge in [-0.15, -0.1) is 0 Å². The van der Waals surface area contributed by atoms with Crippen LogP contribution in [0.15, 0.2) is 72.9 Å². The maximum absolute atomic E-state index is 13.1. The minimum absolute atomic E-state index is 0.00583. The SMILES string of the molecule is CC1CN(C(=O)c2ccc(CNC(=O)c3cc4ccccc4c4cccnc34)cc2)CC(C)O1. The molecule has 1 aromatic heterocycles. The second-order valence-corrected chi connectivity index (χ2v) is 8.89. The van der Waals surface area contributed by atoms with Crippen LogP contribution in [0.2, 0.25) is 0 Å². The number of fused-ring (bicyclic) bond motifs is 3. The second kappa shape index (κ2) is 9.23. The molecule has 1 saturated heterocycles. The van der Waals surface area contributed by atoms with Gasteiger partial charge in [0.05, 0.1) is 23.3 Å². The summed E-state index contributed by atoms with van der Waals surface area (Å²) in [4.78, 5) is 32.3. The van der Waals surface area contributed by atoms with Gasteiger partial charge in [-0.2, -0.15) is 0 Å². The summed E-state index contributed by atoms with van der Waals surface area (Å²) in [5.41, 5.74) is 2.80. The highest BCUT2D eigenvalue weighted by molar-refractivity contribution is 6.15. The lowest BCUT2D eigenvalue weighted by molar-refractivity contribution is -0.0586. The zero-order valence-electron chi connectivity index (χ0n) is 19.3. The number of carbonyl (C=O) groups excluding carboxylic acids is 2. The lowest BCUT2D eigenvalue weighted by Crippen LogP contribution is -2.48. The Labute approximate surface area is 198 Å². The van der Waals surface area contributed by atoms with Crippen LogP contribution in [0.5, 0.6) is 0 Å². The number of nitrogens with zero attached hydrogens (tertiary/aromatic N) is 2. The van der Waals surface area contributed by atoms with Gasteiger partial charge >= 0.3 is 0 Å². The summed E-state index contributed by atoms with van der Waals surface area (Å²) in [6.45, 7) is 5.51. The summed E-state index contributed by atoms with van der Waals surface area (Å²) in [7, 11) is 0. The molecule has 1 fully saturated rings. The van der Waals surface area contributed by atoms with Gasteiger partial charge < -0.3 is 15.0 Å². The largest absolute Gasteiger partial charge is 0.372 e. The summed E-state index contributed by atoms with van der Waals surface area (Å²) in [6, 6.07) is 21.2. The van der Waals surface area contributed by atoms with Crippen molar-refractivity contribution in [3.05, 3.63) is 89.6 Å². The molecule has 0 aliphatic carbocycles. The summed E-state index contributed by atoms with van der Waals surface area (Å²) in [5, 5.41) is 6.04. The Morgan fingerprint density at radius 1 is 0.971 bits per heavy atom. The molecule has 0 saturated carbocycles. The van der Waals surface area contributed by atoms with E-state index in [1.54, 1.807) is 6.20 Å². The predicted molar refractivity (Wildman–Crippen MR) is 133 cm³/mol. The second-order valence-electron chi connectivity index (χ2n) is 8.89. The first-order chi connectivity index (χ1) is 16.5. The minimum Gasteiger partial charge on any atom is -0.372 e. The number of carbonyl (C=O) groups is 2. The zero-order valence-corrected chi connectivity index (χ0v) is 19.3. The third kappa shape index (κ3) is 4.37. The first-order valence-corrected chi connectivity index (χ1v) is 11.6. The lowest BCUT2D eigenvalue weighted by Gasteiger charge is -2.35. The van der Waals surface area contributed by atoms with E-state index in [1.807, 2.05) is 85.5 Å². The molecular weight excluding hydrogens is 426 g/mol. The van der Waals surface area contributed by atoms with E-state index in [0.29, 0.717) is 36.3 Å². The van der Waals surface area contributed by atoms with Crippen molar-refractivity contribution in [1.82, 2.24) is 15.2 Å². The van der Waals surface area contributed by atoms with Crippen LogP contribution in [0, 0.1) is 0 Å². The lowest BCUT2D eigenvalue weighted by atomic mass is 10.0. The number of hydrogen-bond acceptors (Lipinski definition) is 4. The molecule has 172 valence electrons. The van der Waals surface area contributed by atoms with Gasteiger partial charge in [0.15, 0.2) is 0 Å². The third-order valence-electron chi connectivity index (χ3n) is 6.22. The average molecular weight is 454 g/mol. The van der Waals surface area contributed by atoms with E-state index in [1.165, 1.54) is 0 Å². The number of benzene rings is 3. The molecule has 0 spiro atoms. The fraction of sp³-hybridized carbons (Fsp3) is 0.250. The van der Waals surface area contributed by atoms with Crippen LogP contribution < -0.4 is 5.32 Å². The summed E-state index contributed by atoms with van der Waals surface area (Å²) < 4.78 is 5.72. The van der Waals surface area contributed by atoms with Crippen molar-refractivity contribution in [2.45, 2.75) is 32.6 Å².